The first kappa shape index (κ1) is 15.8. The predicted molar refractivity (Wildman–Crippen MR) is 85.6 cm³/mol. The number of hydrogen-bond acceptors (Lipinski definition) is 4. The fraction of sp³-hybridized carbons (Fsp3) is 0.625. The van der Waals surface area contributed by atoms with Crippen molar-refractivity contribution in [3.63, 3.8) is 0 Å². The lowest BCUT2D eigenvalue weighted by molar-refractivity contribution is 0.1000. The highest BCUT2D eigenvalue weighted by Gasteiger charge is 2.22. The van der Waals surface area contributed by atoms with Crippen molar-refractivity contribution in [3.05, 3.63) is 23.4 Å². The Morgan fingerprint density at radius 1 is 1.57 bits per heavy atom. The maximum Gasteiger partial charge on any atom is 0.252 e. The van der Waals surface area contributed by atoms with Gasteiger partial charge in [0.1, 0.15) is 5.82 Å². The highest BCUT2D eigenvalue weighted by Crippen LogP contribution is 2.22. The molecule has 5 heteroatoms. The molecule has 3 N–H and O–H groups in total. The number of anilines is 1. The minimum absolute atomic E-state index is 0.392. The van der Waals surface area contributed by atoms with Crippen molar-refractivity contribution in [1.82, 2.24) is 10.3 Å². The third-order valence-corrected chi connectivity index (χ3v) is 4.07. The van der Waals surface area contributed by atoms with Gasteiger partial charge in [0.25, 0.3) is 5.91 Å². The molecule has 0 spiro atoms. The summed E-state index contributed by atoms with van der Waals surface area (Å²) < 4.78 is 0. The molecule has 1 amide bonds. The van der Waals surface area contributed by atoms with Crippen LogP contribution in [0.4, 0.5) is 5.82 Å². The Morgan fingerprint density at radius 3 is 3.00 bits per heavy atom. The first-order chi connectivity index (χ1) is 10.1. The zero-order valence-electron chi connectivity index (χ0n) is 13.1. The van der Waals surface area contributed by atoms with E-state index in [0.29, 0.717) is 11.6 Å². The van der Waals surface area contributed by atoms with E-state index < -0.39 is 5.91 Å². The van der Waals surface area contributed by atoms with Crippen molar-refractivity contribution < 1.29 is 4.79 Å². The Balaban J connectivity index is 2.26. The molecular weight excluding hydrogens is 264 g/mol. The van der Waals surface area contributed by atoms with E-state index in [0.717, 1.165) is 43.9 Å². The second-order valence-corrected chi connectivity index (χ2v) is 5.78. The molecule has 1 aliphatic heterocycles. The smallest absolute Gasteiger partial charge is 0.252 e. The van der Waals surface area contributed by atoms with Crippen molar-refractivity contribution in [3.8, 4) is 0 Å². The van der Waals surface area contributed by atoms with Gasteiger partial charge < -0.3 is 16.0 Å². The van der Waals surface area contributed by atoms with Gasteiger partial charge in [0, 0.05) is 25.3 Å². The maximum absolute atomic E-state index is 11.8. The van der Waals surface area contributed by atoms with E-state index in [1.165, 1.54) is 12.8 Å². The van der Waals surface area contributed by atoms with E-state index in [1.807, 2.05) is 13.0 Å². The van der Waals surface area contributed by atoms with Crippen LogP contribution in [0.1, 0.15) is 48.5 Å². The average molecular weight is 290 g/mol. The van der Waals surface area contributed by atoms with E-state index in [2.05, 4.69) is 22.1 Å². The third-order valence-electron chi connectivity index (χ3n) is 4.07. The van der Waals surface area contributed by atoms with Crippen LogP contribution in [0, 0.1) is 6.92 Å². The van der Waals surface area contributed by atoms with Crippen LogP contribution in [0.5, 0.6) is 0 Å². The summed E-state index contributed by atoms with van der Waals surface area (Å²) in [4.78, 5) is 18.5. The molecule has 1 unspecified atom stereocenters. The summed E-state index contributed by atoms with van der Waals surface area (Å²) in [5, 5.41) is 3.51. The van der Waals surface area contributed by atoms with E-state index >= 15 is 0 Å². The summed E-state index contributed by atoms with van der Waals surface area (Å²) in [5.74, 6) is 0.348. The molecule has 1 saturated heterocycles. The molecule has 1 aliphatic rings. The van der Waals surface area contributed by atoms with Gasteiger partial charge in [-0.3, -0.25) is 4.79 Å². The van der Waals surface area contributed by atoms with Crippen LogP contribution in [-0.4, -0.2) is 36.6 Å². The van der Waals surface area contributed by atoms with Gasteiger partial charge in [-0.05, 0) is 44.4 Å². The lowest BCUT2D eigenvalue weighted by Crippen LogP contribution is -2.39. The number of carbonyl (C=O) groups is 1. The van der Waals surface area contributed by atoms with Crippen molar-refractivity contribution in [2.24, 2.45) is 5.73 Å². The Kier molecular flexibility index (Phi) is 5.56. The average Bonchev–Trinajstić information content (AvgIpc) is 2.95. The largest absolute Gasteiger partial charge is 0.365 e. The van der Waals surface area contributed by atoms with E-state index in [9.17, 15) is 4.79 Å². The minimum atomic E-state index is -0.392. The van der Waals surface area contributed by atoms with Gasteiger partial charge in [0.15, 0.2) is 0 Å². The van der Waals surface area contributed by atoms with Crippen LogP contribution < -0.4 is 16.0 Å². The molecule has 0 radical (unpaired) electrons. The molecule has 2 heterocycles. The SMILES string of the molecule is CCCCN(CC1CCCN1)c1nccc(C)c1C(N)=O. The first-order valence-electron chi connectivity index (χ1n) is 7.87. The normalized spacial score (nSPS) is 17.9. The molecule has 0 saturated carbocycles. The summed E-state index contributed by atoms with van der Waals surface area (Å²) in [7, 11) is 0. The number of carbonyl (C=O) groups excluding carboxylic acids is 1. The fourth-order valence-electron chi connectivity index (χ4n) is 2.90. The van der Waals surface area contributed by atoms with Gasteiger partial charge >= 0.3 is 0 Å². The number of rotatable bonds is 7. The number of pyridine rings is 1. The summed E-state index contributed by atoms with van der Waals surface area (Å²) in [6.45, 7) is 6.96. The predicted octanol–water partition coefficient (Wildman–Crippen LogP) is 1.85. The number of aromatic nitrogens is 1. The molecule has 0 aromatic carbocycles. The molecule has 1 fully saturated rings. The van der Waals surface area contributed by atoms with Crippen LogP contribution in [0.3, 0.4) is 0 Å². The van der Waals surface area contributed by atoms with Crippen molar-refractivity contribution in [1.29, 1.82) is 0 Å². The van der Waals surface area contributed by atoms with Crippen LogP contribution in [0.15, 0.2) is 12.3 Å². The number of nitrogens with zero attached hydrogens (tertiary/aromatic N) is 2. The quantitative estimate of drug-likeness (QED) is 0.804. The topological polar surface area (TPSA) is 71.2 Å². The fourth-order valence-corrected chi connectivity index (χ4v) is 2.90. The van der Waals surface area contributed by atoms with Gasteiger partial charge in [0.2, 0.25) is 0 Å². The van der Waals surface area contributed by atoms with Crippen LogP contribution in [0.2, 0.25) is 0 Å². The number of primary amides is 1. The van der Waals surface area contributed by atoms with Gasteiger partial charge in [-0.25, -0.2) is 4.98 Å². The zero-order chi connectivity index (χ0) is 15.2. The standard InChI is InChI=1S/C16H26N4O/c1-3-4-10-20(11-13-6-5-8-18-13)16-14(15(17)21)12(2)7-9-19-16/h7,9,13,18H,3-6,8,10-11H2,1-2H3,(H2,17,21). The molecule has 5 nitrogen and oxygen atoms in total. The van der Waals surface area contributed by atoms with Crippen molar-refractivity contribution >= 4 is 11.7 Å². The molecule has 1 aromatic heterocycles. The number of hydrogen-bond donors (Lipinski definition) is 2. The van der Waals surface area contributed by atoms with E-state index in [1.54, 1.807) is 6.20 Å². The molecule has 21 heavy (non-hydrogen) atoms. The molecule has 2 rings (SSSR count). The van der Waals surface area contributed by atoms with Crippen LogP contribution in [0.25, 0.3) is 0 Å². The second kappa shape index (κ2) is 7.41. The summed E-state index contributed by atoms with van der Waals surface area (Å²) in [5.41, 5.74) is 7.03. The Labute approximate surface area is 126 Å². The van der Waals surface area contributed by atoms with E-state index in [-0.39, 0.29) is 0 Å². The van der Waals surface area contributed by atoms with Crippen LogP contribution >= 0.6 is 0 Å². The lowest BCUT2D eigenvalue weighted by atomic mass is 10.1. The Morgan fingerprint density at radius 2 is 2.38 bits per heavy atom. The highest BCUT2D eigenvalue weighted by atomic mass is 16.1. The van der Waals surface area contributed by atoms with Gasteiger partial charge in [0.05, 0.1) is 5.56 Å². The lowest BCUT2D eigenvalue weighted by Gasteiger charge is -2.28. The first-order valence-corrected chi connectivity index (χ1v) is 7.87. The van der Waals surface area contributed by atoms with Crippen molar-refractivity contribution in [2.45, 2.75) is 45.6 Å². The Bertz CT molecular complexity index is 483. The number of nitrogens with two attached hydrogens (primary N) is 1. The summed E-state index contributed by atoms with van der Waals surface area (Å²) >= 11 is 0. The number of aryl methyl sites for hydroxylation is 1. The number of amides is 1. The third kappa shape index (κ3) is 3.94. The molecule has 116 valence electrons. The summed E-state index contributed by atoms with van der Waals surface area (Å²) in [6.07, 6.45) is 6.36. The minimum Gasteiger partial charge on any atom is -0.365 e. The van der Waals surface area contributed by atoms with Crippen LogP contribution in [-0.2, 0) is 0 Å². The number of nitrogens with one attached hydrogen (secondary N) is 1. The highest BCUT2D eigenvalue weighted by molar-refractivity contribution is 5.99. The zero-order valence-corrected chi connectivity index (χ0v) is 13.1. The molecule has 1 aromatic rings. The monoisotopic (exact) mass is 290 g/mol. The maximum atomic E-state index is 11.8. The second-order valence-electron chi connectivity index (χ2n) is 5.78. The molecule has 1 atom stereocenters. The summed E-state index contributed by atoms with van der Waals surface area (Å²) in [6, 6.07) is 2.32. The van der Waals surface area contributed by atoms with Gasteiger partial charge in [-0.15, -0.1) is 0 Å². The van der Waals surface area contributed by atoms with Gasteiger partial charge in [-0.1, -0.05) is 13.3 Å². The molecule has 0 aliphatic carbocycles. The Hall–Kier alpha value is -1.62. The molecule has 0 bridgehead atoms. The molecular formula is C16H26N4O. The number of unbranched alkanes of at least 4 members (excludes halogenated alkanes) is 1. The van der Waals surface area contributed by atoms with Crippen molar-refractivity contribution in [2.75, 3.05) is 24.5 Å². The van der Waals surface area contributed by atoms with Gasteiger partial charge in [-0.2, -0.15) is 0 Å². The van der Waals surface area contributed by atoms with E-state index in [4.69, 9.17) is 5.73 Å².